The number of hydrogen-bond donors (Lipinski definition) is 3. The van der Waals surface area contributed by atoms with E-state index < -0.39 is 29.7 Å². The molecule has 0 bridgehead atoms. The first-order valence-corrected chi connectivity index (χ1v) is 3.59. The molecule has 0 rings (SSSR count). The van der Waals surface area contributed by atoms with Crippen LogP contribution < -0.4 is 0 Å². The second-order valence-electron chi connectivity index (χ2n) is 2.57. The third-order valence-corrected chi connectivity index (χ3v) is 1.72. The van der Waals surface area contributed by atoms with E-state index in [0.717, 1.165) is 0 Å². The fourth-order valence-corrected chi connectivity index (χ4v) is 0.970. The van der Waals surface area contributed by atoms with Crippen molar-refractivity contribution >= 4 is 17.9 Å². The van der Waals surface area contributed by atoms with Crippen molar-refractivity contribution in [1.29, 1.82) is 0 Å². The summed E-state index contributed by atoms with van der Waals surface area (Å²) in [6.45, 7) is 1.52. The van der Waals surface area contributed by atoms with Crippen LogP contribution in [0, 0.1) is 5.41 Å². The Balaban J connectivity index is 5.18. The lowest BCUT2D eigenvalue weighted by molar-refractivity contribution is -0.176. The summed E-state index contributed by atoms with van der Waals surface area (Å²) in [6.07, 6.45) is -0.252. The van der Waals surface area contributed by atoms with Crippen molar-refractivity contribution in [1.82, 2.24) is 0 Å². The maximum atomic E-state index is 10.5. The zero-order chi connectivity index (χ0) is 10.6. The summed E-state index contributed by atoms with van der Waals surface area (Å²) in [7, 11) is 0. The molecular weight excluding hydrogens is 180 g/mol. The molecule has 0 aliphatic heterocycles. The van der Waals surface area contributed by atoms with Gasteiger partial charge in [0.05, 0.1) is 0 Å². The van der Waals surface area contributed by atoms with Crippen LogP contribution in [0.2, 0.25) is 0 Å². The number of hydrogen-bond acceptors (Lipinski definition) is 3. The van der Waals surface area contributed by atoms with E-state index in [1.807, 2.05) is 0 Å². The average molecular weight is 190 g/mol. The van der Waals surface area contributed by atoms with Gasteiger partial charge in [0.25, 0.3) is 5.41 Å². The number of carboxylic acid groups (broad SMARTS) is 3. The van der Waals surface area contributed by atoms with E-state index in [1.165, 1.54) is 6.92 Å². The summed E-state index contributed by atoms with van der Waals surface area (Å²) < 4.78 is 0. The predicted molar refractivity (Wildman–Crippen MR) is 40.2 cm³/mol. The number of carboxylic acids is 3. The molecule has 13 heavy (non-hydrogen) atoms. The molecule has 0 spiro atoms. The normalized spacial score (nSPS) is 10.8. The SMILES string of the molecule is CCCC(C(=O)O)(C(=O)O)C(=O)O. The monoisotopic (exact) mass is 190 g/mol. The summed E-state index contributed by atoms with van der Waals surface area (Å²) in [4.78, 5) is 31.6. The van der Waals surface area contributed by atoms with E-state index in [2.05, 4.69) is 0 Å². The van der Waals surface area contributed by atoms with Gasteiger partial charge in [-0.15, -0.1) is 0 Å². The molecule has 0 aliphatic rings. The molecule has 6 heteroatoms. The second-order valence-corrected chi connectivity index (χ2v) is 2.57. The molecule has 0 aromatic carbocycles. The molecule has 0 aromatic heterocycles. The van der Waals surface area contributed by atoms with Crippen molar-refractivity contribution in [3.05, 3.63) is 0 Å². The molecule has 0 heterocycles. The van der Waals surface area contributed by atoms with Crippen molar-refractivity contribution in [3.63, 3.8) is 0 Å². The molecule has 0 radical (unpaired) electrons. The van der Waals surface area contributed by atoms with Gasteiger partial charge in [-0.3, -0.25) is 14.4 Å². The largest absolute Gasteiger partial charge is 0.480 e. The van der Waals surface area contributed by atoms with E-state index >= 15 is 0 Å². The van der Waals surface area contributed by atoms with E-state index in [1.54, 1.807) is 0 Å². The summed E-state index contributed by atoms with van der Waals surface area (Å²) >= 11 is 0. The van der Waals surface area contributed by atoms with Crippen LogP contribution in [0.25, 0.3) is 0 Å². The van der Waals surface area contributed by atoms with Gasteiger partial charge in [-0.05, 0) is 6.42 Å². The molecular formula is C7H10O6. The van der Waals surface area contributed by atoms with E-state index in [0.29, 0.717) is 0 Å². The van der Waals surface area contributed by atoms with Gasteiger partial charge in [0.15, 0.2) is 0 Å². The lowest BCUT2D eigenvalue weighted by Gasteiger charge is -2.18. The van der Waals surface area contributed by atoms with Crippen molar-refractivity contribution in [2.24, 2.45) is 5.41 Å². The average Bonchev–Trinajstić information content (AvgIpc) is 1.97. The van der Waals surface area contributed by atoms with Crippen LogP contribution in [0.4, 0.5) is 0 Å². The molecule has 0 saturated heterocycles. The van der Waals surface area contributed by atoms with Gasteiger partial charge in [0.1, 0.15) is 0 Å². The smallest absolute Gasteiger partial charge is 0.332 e. The van der Waals surface area contributed by atoms with Crippen molar-refractivity contribution in [2.75, 3.05) is 0 Å². The Kier molecular flexibility index (Phi) is 3.41. The number of rotatable bonds is 5. The number of carbonyl (C=O) groups is 3. The molecule has 0 fully saturated rings. The Labute approximate surface area is 73.8 Å². The molecule has 0 unspecified atom stereocenters. The summed E-state index contributed by atoms with van der Waals surface area (Å²) in [5.41, 5.74) is -2.70. The standard InChI is InChI=1S/C7H10O6/c1-2-3-7(4(8)9,5(10)11)6(12)13/h2-3H2,1H3,(H,8,9)(H,10,11)(H,12,13). The summed E-state index contributed by atoms with van der Waals surface area (Å²) in [5, 5.41) is 25.6. The van der Waals surface area contributed by atoms with Crippen LogP contribution in [-0.2, 0) is 14.4 Å². The van der Waals surface area contributed by atoms with Crippen LogP contribution in [0.5, 0.6) is 0 Å². The van der Waals surface area contributed by atoms with E-state index in [4.69, 9.17) is 15.3 Å². The zero-order valence-corrected chi connectivity index (χ0v) is 6.98. The summed E-state index contributed by atoms with van der Waals surface area (Å²) in [5.74, 6) is -5.52. The lowest BCUT2D eigenvalue weighted by Crippen LogP contribution is -2.46. The van der Waals surface area contributed by atoms with Gasteiger partial charge in [0, 0.05) is 0 Å². The van der Waals surface area contributed by atoms with Crippen molar-refractivity contribution < 1.29 is 29.7 Å². The van der Waals surface area contributed by atoms with Gasteiger partial charge in [-0.1, -0.05) is 13.3 Å². The lowest BCUT2D eigenvalue weighted by atomic mass is 9.83. The molecule has 74 valence electrons. The Morgan fingerprint density at radius 2 is 1.31 bits per heavy atom. The fourth-order valence-electron chi connectivity index (χ4n) is 0.970. The number of aliphatic carboxylic acids is 3. The highest BCUT2D eigenvalue weighted by Gasteiger charge is 2.53. The van der Waals surface area contributed by atoms with Crippen LogP contribution in [-0.4, -0.2) is 33.2 Å². The highest BCUT2D eigenvalue weighted by molar-refractivity contribution is 6.16. The van der Waals surface area contributed by atoms with E-state index in [9.17, 15) is 14.4 Å². The molecule has 0 atom stereocenters. The van der Waals surface area contributed by atoms with Gasteiger partial charge in [0.2, 0.25) is 0 Å². The Morgan fingerprint density at radius 1 is 1.00 bits per heavy atom. The first kappa shape index (κ1) is 11.4. The van der Waals surface area contributed by atoms with Crippen LogP contribution in [0.15, 0.2) is 0 Å². The fraction of sp³-hybridized carbons (Fsp3) is 0.571. The molecule has 0 amide bonds. The van der Waals surface area contributed by atoms with Gasteiger partial charge in [-0.2, -0.15) is 0 Å². The molecule has 3 N–H and O–H groups in total. The maximum absolute atomic E-state index is 10.5. The van der Waals surface area contributed by atoms with Gasteiger partial charge < -0.3 is 15.3 Å². The third-order valence-electron chi connectivity index (χ3n) is 1.72. The van der Waals surface area contributed by atoms with E-state index in [-0.39, 0.29) is 6.42 Å². The Bertz CT molecular complexity index is 207. The first-order chi connectivity index (χ1) is 5.89. The molecule has 6 nitrogen and oxygen atoms in total. The second kappa shape index (κ2) is 3.88. The third kappa shape index (κ3) is 1.77. The minimum atomic E-state index is -2.70. The zero-order valence-electron chi connectivity index (χ0n) is 6.98. The van der Waals surface area contributed by atoms with Crippen LogP contribution in [0.1, 0.15) is 19.8 Å². The van der Waals surface area contributed by atoms with Crippen LogP contribution in [0.3, 0.4) is 0 Å². The minimum Gasteiger partial charge on any atom is -0.480 e. The molecule has 0 aromatic rings. The maximum Gasteiger partial charge on any atom is 0.332 e. The van der Waals surface area contributed by atoms with Crippen LogP contribution >= 0.6 is 0 Å². The van der Waals surface area contributed by atoms with Crippen molar-refractivity contribution in [3.8, 4) is 0 Å². The van der Waals surface area contributed by atoms with Gasteiger partial charge >= 0.3 is 17.9 Å². The van der Waals surface area contributed by atoms with Crippen molar-refractivity contribution in [2.45, 2.75) is 19.8 Å². The van der Waals surface area contributed by atoms with Gasteiger partial charge in [-0.25, -0.2) is 0 Å². The Morgan fingerprint density at radius 3 is 1.38 bits per heavy atom. The topological polar surface area (TPSA) is 112 Å². The predicted octanol–water partition coefficient (Wildman–Crippen LogP) is 0.0267. The summed E-state index contributed by atoms with van der Waals surface area (Å²) in [6, 6.07) is 0. The minimum absolute atomic E-state index is 0.172. The molecule has 0 saturated carbocycles. The highest BCUT2D eigenvalue weighted by atomic mass is 16.4. The quantitative estimate of drug-likeness (QED) is 0.527. The highest BCUT2D eigenvalue weighted by Crippen LogP contribution is 2.25. The molecule has 0 aliphatic carbocycles. The Hall–Kier alpha value is -1.59. The first-order valence-electron chi connectivity index (χ1n) is 3.59.